The fraction of sp³-hybridized carbons (Fsp3) is 0.571. The smallest absolute Gasteiger partial charge is 0.240 e. The van der Waals surface area contributed by atoms with Gasteiger partial charge in [0.05, 0.1) is 4.90 Å². The summed E-state index contributed by atoms with van der Waals surface area (Å²) >= 11 is 6.04. The van der Waals surface area contributed by atoms with Crippen molar-refractivity contribution in [3.05, 3.63) is 22.7 Å². The maximum Gasteiger partial charge on any atom is 0.240 e. The van der Waals surface area contributed by atoms with Crippen molar-refractivity contribution in [2.75, 3.05) is 25.9 Å². The van der Waals surface area contributed by atoms with E-state index in [4.69, 9.17) is 17.3 Å². The van der Waals surface area contributed by atoms with Crippen molar-refractivity contribution in [3.8, 4) is 0 Å². The number of likely N-dealkylation sites (tertiary alicyclic amines) is 1. The Morgan fingerprint density at radius 1 is 1.43 bits per heavy atom. The van der Waals surface area contributed by atoms with Crippen molar-refractivity contribution in [1.29, 1.82) is 0 Å². The molecule has 5 nitrogen and oxygen atoms in total. The Bertz CT molecular complexity index is 610. The third-order valence-corrected chi connectivity index (χ3v) is 5.95. The Morgan fingerprint density at radius 3 is 2.67 bits per heavy atom. The Kier molecular flexibility index (Phi) is 4.82. The van der Waals surface area contributed by atoms with Crippen molar-refractivity contribution in [3.63, 3.8) is 0 Å². The first-order chi connectivity index (χ1) is 9.70. The second-order valence-corrected chi connectivity index (χ2v) is 8.00. The molecular weight excluding hydrogens is 310 g/mol. The summed E-state index contributed by atoms with van der Waals surface area (Å²) in [5.74, 6) is 0.261. The standard InChI is InChI=1S/C14H22ClN3O2S/c1-9-8-18(3)5-4-14(9)17-21(19,20)11-6-12(15)10(2)13(16)7-11/h6-7,9,14,17H,4-5,8,16H2,1-3H3. The first-order valence-corrected chi connectivity index (χ1v) is 8.83. The third kappa shape index (κ3) is 3.69. The minimum Gasteiger partial charge on any atom is -0.398 e. The average molecular weight is 332 g/mol. The van der Waals surface area contributed by atoms with E-state index in [0.29, 0.717) is 16.3 Å². The molecule has 0 spiro atoms. The van der Waals surface area contributed by atoms with Gasteiger partial charge in [0, 0.05) is 23.3 Å². The van der Waals surface area contributed by atoms with Crippen molar-refractivity contribution in [1.82, 2.24) is 9.62 Å². The lowest BCUT2D eigenvalue weighted by Crippen LogP contribution is -2.48. The summed E-state index contributed by atoms with van der Waals surface area (Å²) in [5.41, 5.74) is 6.90. The molecule has 1 aliphatic rings. The van der Waals surface area contributed by atoms with Gasteiger partial charge in [-0.2, -0.15) is 0 Å². The number of piperidine rings is 1. The van der Waals surface area contributed by atoms with Crippen LogP contribution < -0.4 is 10.5 Å². The van der Waals surface area contributed by atoms with E-state index in [2.05, 4.69) is 16.5 Å². The lowest BCUT2D eigenvalue weighted by atomic mass is 9.95. The molecule has 0 radical (unpaired) electrons. The fourth-order valence-electron chi connectivity index (χ4n) is 2.63. The molecule has 1 aliphatic heterocycles. The van der Waals surface area contributed by atoms with Crippen LogP contribution in [0, 0.1) is 12.8 Å². The van der Waals surface area contributed by atoms with Crippen LogP contribution in [0.2, 0.25) is 5.02 Å². The molecule has 0 amide bonds. The molecule has 1 heterocycles. The zero-order valence-electron chi connectivity index (χ0n) is 12.6. The predicted molar refractivity (Wildman–Crippen MR) is 86.0 cm³/mol. The maximum absolute atomic E-state index is 12.5. The van der Waals surface area contributed by atoms with Gasteiger partial charge in [-0.3, -0.25) is 0 Å². The molecule has 2 unspecified atom stereocenters. The molecular formula is C14H22ClN3O2S. The summed E-state index contributed by atoms with van der Waals surface area (Å²) in [6, 6.07) is 2.85. The summed E-state index contributed by atoms with van der Waals surface area (Å²) in [6.45, 7) is 5.58. The Hall–Kier alpha value is -0.820. The first-order valence-electron chi connectivity index (χ1n) is 6.97. The van der Waals surface area contributed by atoms with Crippen molar-refractivity contribution < 1.29 is 8.42 Å². The lowest BCUT2D eigenvalue weighted by Gasteiger charge is -2.35. The Morgan fingerprint density at radius 2 is 2.10 bits per heavy atom. The van der Waals surface area contributed by atoms with Gasteiger partial charge in [-0.1, -0.05) is 18.5 Å². The molecule has 1 saturated heterocycles. The number of benzene rings is 1. The molecule has 0 aliphatic carbocycles. The minimum atomic E-state index is -3.61. The summed E-state index contributed by atoms with van der Waals surface area (Å²) in [4.78, 5) is 2.33. The van der Waals surface area contributed by atoms with Gasteiger partial charge in [0.25, 0.3) is 0 Å². The van der Waals surface area contributed by atoms with Crippen LogP contribution in [0.5, 0.6) is 0 Å². The van der Waals surface area contributed by atoms with Gasteiger partial charge >= 0.3 is 0 Å². The van der Waals surface area contributed by atoms with Crippen LogP contribution in [0.3, 0.4) is 0 Å². The number of nitrogens with zero attached hydrogens (tertiary/aromatic N) is 1. The van der Waals surface area contributed by atoms with Gasteiger partial charge in [-0.15, -0.1) is 0 Å². The van der Waals surface area contributed by atoms with E-state index >= 15 is 0 Å². The van der Waals surface area contributed by atoms with Crippen LogP contribution in [0.1, 0.15) is 18.9 Å². The van der Waals surface area contributed by atoms with Crippen LogP contribution in [0.4, 0.5) is 5.69 Å². The van der Waals surface area contributed by atoms with Crippen LogP contribution in [-0.4, -0.2) is 39.5 Å². The van der Waals surface area contributed by atoms with Crippen molar-refractivity contribution >= 4 is 27.3 Å². The van der Waals surface area contributed by atoms with Gasteiger partial charge in [0.2, 0.25) is 10.0 Å². The number of rotatable bonds is 3. The van der Waals surface area contributed by atoms with Crippen LogP contribution in [-0.2, 0) is 10.0 Å². The third-order valence-electron chi connectivity index (χ3n) is 4.08. The normalized spacial score (nSPS) is 24.2. The summed E-state index contributed by atoms with van der Waals surface area (Å²) < 4.78 is 27.8. The Labute approximate surface area is 131 Å². The largest absolute Gasteiger partial charge is 0.398 e. The number of hydrogen-bond acceptors (Lipinski definition) is 4. The molecule has 1 aromatic rings. The van der Waals surface area contributed by atoms with Gasteiger partial charge in [0.15, 0.2) is 0 Å². The molecule has 2 atom stereocenters. The number of sulfonamides is 1. The molecule has 0 bridgehead atoms. The lowest BCUT2D eigenvalue weighted by molar-refractivity contribution is 0.188. The fourth-order valence-corrected chi connectivity index (χ4v) is 4.36. The van der Waals surface area contributed by atoms with E-state index < -0.39 is 10.0 Å². The predicted octanol–water partition coefficient (Wildman–Crippen LogP) is 1.85. The molecule has 0 saturated carbocycles. The van der Waals surface area contributed by atoms with E-state index in [1.165, 1.54) is 12.1 Å². The van der Waals surface area contributed by atoms with Gasteiger partial charge < -0.3 is 10.6 Å². The molecule has 1 fully saturated rings. The Balaban J connectivity index is 2.23. The number of halogens is 1. The second kappa shape index (κ2) is 6.12. The SMILES string of the molecule is Cc1c(N)cc(S(=O)(=O)NC2CCN(C)CC2C)cc1Cl. The monoisotopic (exact) mass is 331 g/mol. The zero-order chi connectivity index (χ0) is 15.8. The summed E-state index contributed by atoms with van der Waals surface area (Å²) in [6.07, 6.45) is 0.798. The maximum atomic E-state index is 12.5. The highest BCUT2D eigenvalue weighted by atomic mass is 35.5. The topological polar surface area (TPSA) is 75.4 Å². The average Bonchev–Trinajstić information content (AvgIpc) is 2.38. The van der Waals surface area contributed by atoms with Crippen LogP contribution in [0.25, 0.3) is 0 Å². The van der Waals surface area contributed by atoms with Crippen LogP contribution in [0.15, 0.2) is 17.0 Å². The molecule has 21 heavy (non-hydrogen) atoms. The van der Waals surface area contributed by atoms with Crippen LogP contribution >= 0.6 is 11.6 Å². The minimum absolute atomic E-state index is 0.0625. The van der Waals surface area contributed by atoms with Gasteiger partial charge in [-0.05, 0) is 50.6 Å². The van der Waals surface area contributed by atoms with Crippen molar-refractivity contribution in [2.24, 2.45) is 5.92 Å². The molecule has 7 heteroatoms. The highest BCUT2D eigenvalue weighted by Gasteiger charge is 2.29. The number of nitrogens with two attached hydrogens (primary N) is 1. The number of nitrogens with one attached hydrogen (secondary N) is 1. The van der Waals surface area contributed by atoms with Gasteiger partial charge in [-0.25, -0.2) is 13.1 Å². The number of anilines is 1. The highest BCUT2D eigenvalue weighted by molar-refractivity contribution is 7.89. The highest BCUT2D eigenvalue weighted by Crippen LogP contribution is 2.27. The summed E-state index contributed by atoms with van der Waals surface area (Å²) in [7, 11) is -1.56. The summed E-state index contributed by atoms with van der Waals surface area (Å²) in [5, 5.41) is 0.367. The van der Waals surface area contributed by atoms with Crippen molar-refractivity contribution in [2.45, 2.75) is 31.2 Å². The van der Waals surface area contributed by atoms with E-state index in [9.17, 15) is 8.42 Å². The van der Waals surface area contributed by atoms with E-state index in [-0.39, 0.29) is 16.9 Å². The second-order valence-electron chi connectivity index (χ2n) is 5.88. The number of hydrogen-bond donors (Lipinski definition) is 2. The molecule has 3 N–H and O–H groups in total. The molecule has 2 rings (SSSR count). The quantitative estimate of drug-likeness (QED) is 0.829. The zero-order valence-corrected chi connectivity index (χ0v) is 14.1. The molecule has 1 aromatic carbocycles. The van der Waals surface area contributed by atoms with Gasteiger partial charge in [0.1, 0.15) is 0 Å². The van der Waals surface area contributed by atoms with E-state index in [1.54, 1.807) is 6.92 Å². The molecule has 0 aromatic heterocycles. The number of nitrogen functional groups attached to an aromatic ring is 1. The first kappa shape index (κ1) is 16.5. The van der Waals surface area contributed by atoms with E-state index in [1.807, 2.05) is 7.05 Å². The molecule has 118 valence electrons. The van der Waals surface area contributed by atoms with E-state index in [0.717, 1.165) is 19.5 Å².